The number of methoxy groups -OCH3 is 1. The third-order valence-corrected chi connectivity index (χ3v) is 4.45. The topological polar surface area (TPSA) is 97.6 Å². The Balaban J connectivity index is 1.71. The third-order valence-electron chi connectivity index (χ3n) is 4.15. The highest BCUT2D eigenvalue weighted by molar-refractivity contribution is 6.35. The Morgan fingerprint density at radius 3 is 2.43 bits per heavy atom. The Hall–Kier alpha value is -3.32. The van der Waals surface area contributed by atoms with Crippen LogP contribution in [0.4, 0.5) is 5.69 Å². The van der Waals surface area contributed by atoms with Crippen LogP contribution in [0.5, 0.6) is 0 Å². The summed E-state index contributed by atoms with van der Waals surface area (Å²) in [5, 5.41) is 6.36. The highest BCUT2D eigenvalue weighted by Crippen LogP contribution is 2.31. The second-order valence-corrected chi connectivity index (χ2v) is 6.37. The predicted octanol–water partition coefficient (Wildman–Crippen LogP) is 3.55. The Kier molecular flexibility index (Phi) is 5.65. The number of furan rings is 1. The van der Waals surface area contributed by atoms with Gasteiger partial charge in [0.1, 0.15) is 6.54 Å². The summed E-state index contributed by atoms with van der Waals surface area (Å²) in [5.41, 5.74) is 1.98. The highest BCUT2D eigenvalue weighted by Gasteiger charge is 2.19. The number of aryl methyl sites for hydroxylation is 1. The SMILES string of the molecule is COC(=O)CNC(=O)c1ccc(NC(=O)c2oc3c(Cl)cccc3c2C)cc1. The zero-order chi connectivity index (χ0) is 20.3. The molecule has 0 aliphatic heterocycles. The van der Waals surface area contributed by atoms with Crippen molar-refractivity contribution in [2.75, 3.05) is 19.0 Å². The van der Waals surface area contributed by atoms with Crippen LogP contribution in [-0.4, -0.2) is 31.4 Å². The van der Waals surface area contributed by atoms with Gasteiger partial charge in [-0.2, -0.15) is 0 Å². The Labute approximate surface area is 165 Å². The van der Waals surface area contributed by atoms with E-state index in [2.05, 4.69) is 15.4 Å². The molecular formula is C20H17ClN2O5. The zero-order valence-electron chi connectivity index (χ0n) is 15.2. The van der Waals surface area contributed by atoms with Crippen LogP contribution in [-0.2, 0) is 9.53 Å². The van der Waals surface area contributed by atoms with E-state index in [-0.39, 0.29) is 12.3 Å². The van der Waals surface area contributed by atoms with Gasteiger partial charge in [0.05, 0.1) is 12.1 Å². The Bertz CT molecular complexity index is 1060. The molecule has 2 aromatic carbocycles. The number of anilines is 1. The minimum Gasteiger partial charge on any atom is -0.468 e. The van der Waals surface area contributed by atoms with Crippen LogP contribution in [0.2, 0.25) is 5.02 Å². The van der Waals surface area contributed by atoms with Crippen LogP contribution in [0.3, 0.4) is 0 Å². The number of hydrogen-bond acceptors (Lipinski definition) is 5. The lowest BCUT2D eigenvalue weighted by Crippen LogP contribution is -2.30. The molecule has 1 heterocycles. The van der Waals surface area contributed by atoms with E-state index in [1.165, 1.54) is 19.2 Å². The summed E-state index contributed by atoms with van der Waals surface area (Å²) in [4.78, 5) is 35.6. The van der Waals surface area contributed by atoms with Crippen molar-refractivity contribution >= 4 is 46.0 Å². The van der Waals surface area contributed by atoms with Gasteiger partial charge in [0, 0.05) is 22.2 Å². The van der Waals surface area contributed by atoms with E-state index in [1.807, 2.05) is 6.07 Å². The molecule has 0 fully saturated rings. The summed E-state index contributed by atoms with van der Waals surface area (Å²) in [6, 6.07) is 11.5. The van der Waals surface area contributed by atoms with E-state index >= 15 is 0 Å². The maximum absolute atomic E-state index is 12.6. The van der Waals surface area contributed by atoms with Crippen LogP contribution in [0.1, 0.15) is 26.5 Å². The van der Waals surface area contributed by atoms with Gasteiger partial charge in [-0.1, -0.05) is 23.7 Å². The molecule has 0 atom stereocenters. The van der Waals surface area contributed by atoms with Gasteiger partial charge in [-0.15, -0.1) is 0 Å². The molecular weight excluding hydrogens is 384 g/mol. The monoisotopic (exact) mass is 400 g/mol. The number of para-hydroxylation sites is 1. The molecule has 0 bridgehead atoms. The Morgan fingerprint density at radius 2 is 1.79 bits per heavy atom. The first kappa shape index (κ1) is 19.4. The van der Waals surface area contributed by atoms with Gasteiger partial charge in [0.25, 0.3) is 11.8 Å². The minimum atomic E-state index is -0.543. The molecule has 3 rings (SSSR count). The lowest BCUT2D eigenvalue weighted by atomic mass is 10.1. The molecule has 0 aliphatic rings. The number of halogens is 1. The summed E-state index contributed by atoms with van der Waals surface area (Å²) in [7, 11) is 1.24. The fourth-order valence-corrected chi connectivity index (χ4v) is 2.86. The van der Waals surface area contributed by atoms with Crippen molar-refractivity contribution < 1.29 is 23.5 Å². The number of nitrogens with one attached hydrogen (secondary N) is 2. The predicted molar refractivity (Wildman–Crippen MR) is 105 cm³/mol. The number of benzene rings is 2. The van der Waals surface area contributed by atoms with E-state index in [9.17, 15) is 14.4 Å². The number of carbonyl (C=O) groups excluding carboxylic acids is 3. The van der Waals surface area contributed by atoms with E-state index in [4.69, 9.17) is 16.0 Å². The minimum absolute atomic E-state index is 0.169. The van der Waals surface area contributed by atoms with Crippen LogP contribution < -0.4 is 10.6 Å². The van der Waals surface area contributed by atoms with Crippen molar-refractivity contribution in [2.45, 2.75) is 6.92 Å². The number of carbonyl (C=O) groups is 3. The van der Waals surface area contributed by atoms with E-state index < -0.39 is 17.8 Å². The fourth-order valence-electron chi connectivity index (χ4n) is 2.64. The molecule has 0 spiro atoms. The van der Waals surface area contributed by atoms with Crippen molar-refractivity contribution in [2.24, 2.45) is 0 Å². The average Bonchev–Trinajstić information content (AvgIpc) is 3.04. The van der Waals surface area contributed by atoms with Gasteiger partial charge in [-0.05, 0) is 37.3 Å². The number of fused-ring (bicyclic) bond motifs is 1. The van der Waals surface area contributed by atoms with Crippen molar-refractivity contribution in [1.29, 1.82) is 0 Å². The van der Waals surface area contributed by atoms with Crippen LogP contribution in [0.25, 0.3) is 11.0 Å². The Morgan fingerprint density at radius 1 is 1.07 bits per heavy atom. The van der Waals surface area contributed by atoms with Crippen molar-refractivity contribution in [1.82, 2.24) is 5.32 Å². The summed E-state index contributed by atoms with van der Waals surface area (Å²) in [6.45, 7) is 1.56. The van der Waals surface area contributed by atoms with E-state index in [0.29, 0.717) is 27.4 Å². The largest absolute Gasteiger partial charge is 0.468 e. The first-order chi connectivity index (χ1) is 13.4. The average molecular weight is 401 g/mol. The summed E-state index contributed by atoms with van der Waals surface area (Å²) < 4.78 is 10.1. The van der Waals surface area contributed by atoms with Gasteiger partial charge < -0.3 is 19.8 Å². The molecule has 0 saturated carbocycles. The smallest absolute Gasteiger partial charge is 0.325 e. The number of hydrogen-bond donors (Lipinski definition) is 2. The molecule has 7 nitrogen and oxygen atoms in total. The zero-order valence-corrected chi connectivity index (χ0v) is 15.9. The molecule has 0 aliphatic carbocycles. The molecule has 1 aromatic heterocycles. The van der Waals surface area contributed by atoms with Crippen LogP contribution >= 0.6 is 11.6 Å². The molecule has 8 heteroatoms. The summed E-state index contributed by atoms with van der Waals surface area (Å²) in [5.74, 6) is -1.22. The maximum atomic E-state index is 12.6. The second-order valence-electron chi connectivity index (χ2n) is 5.96. The quantitative estimate of drug-likeness (QED) is 0.638. The summed E-state index contributed by atoms with van der Waals surface area (Å²) in [6.07, 6.45) is 0. The molecule has 28 heavy (non-hydrogen) atoms. The van der Waals surface area contributed by atoms with Crippen molar-refractivity contribution in [3.05, 3.63) is 64.4 Å². The fraction of sp³-hybridized carbons (Fsp3) is 0.150. The normalized spacial score (nSPS) is 10.5. The lowest BCUT2D eigenvalue weighted by molar-refractivity contribution is -0.139. The van der Waals surface area contributed by atoms with Gasteiger partial charge in [-0.25, -0.2) is 0 Å². The van der Waals surface area contributed by atoms with Crippen LogP contribution in [0, 0.1) is 6.92 Å². The van der Waals surface area contributed by atoms with Gasteiger partial charge >= 0.3 is 5.97 Å². The molecule has 2 amide bonds. The molecule has 144 valence electrons. The standard InChI is InChI=1S/C20H17ClN2O5/c1-11-14-4-3-5-15(21)18(14)28-17(11)20(26)23-13-8-6-12(7-9-13)19(25)22-10-16(24)27-2/h3-9H,10H2,1-2H3,(H,22,25)(H,23,26). The highest BCUT2D eigenvalue weighted by atomic mass is 35.5. The third kappa shape index (κ3) is 3.99. The van der Waals surface area contributed by atoms with E-state index in [0.717, 1.165) is 5.39 Å². The lowest BCUT2D eigenvalue weighted by Gasteiger charge is -2.06. The number of ether oxygens (including phenoxy) is 1. The van der Waals surface area contributed by atoms with Crippen molar-refractivity contribution in [3.8, 4) is 0 Å². The second kappa shape index (κ2) is 8.14. The maximum Gasteiger partial charge on any atom is 0.325 e. The van der Waals surface area contributed by atoms with Gasteiger partial charge in [0.2, 0.25) is 0 Å². The number of esters is 1. The summed E-state index contributed by atoms with van der Waals surface area (Å²) >= 11 is 6.12. The first-order valence-corrected chi connectivity index (χ1v) is 8.72. The number of rotatable bonds is 5. The van der Waals surface area contributed by atoms with Gasteiger partial charge in [-0.3, -0.25) is 14.4 Å². The van der Waals surface area contributed by atoms with Gasteiger partial charge in [0.15, 0.2) is 11.3 Å². The number of amides is 2. The first-order valence-electron chi connectivity index (χ1n) is 8.34. The van der Waals surface area contributed by atoms with E-state index in [1.54, 1.807) is 31.2 Å². The molecule has 0 radical (unpaired) electrons. The van der Waals surface area contributed by atoms with Crippen LogP contribution in [0.15, 0.2) is 46.9 Å². The molecule has 0 saturated heterocycles. The molecule has 3 aromatic rings. The molecule has 2 N–H and O–H groups in total. The van der Waals surface area contributed by atoms with Crippen molar-refractivity contribution in [3.63, 3.8) is 0 Å². The molecule has 0 unspecified atom stereocenters.